The van der Waals surface area contributed by atoms with Crippen molar-refractivity contribution in [1.29, 1.82) is 0 Å². The van der Waals surface area contributed by atoms with Gasteiger partial charge in [-0.2, -0.15) is 9.78 Å². The minimum Gasteiger partial charge on any atom is -0.325 e. The van der Waals surface area contributed by atoms with E-state index in [1.807, 2.05) is 51.1 Å². The number of nitrogens with one attached hydrogen (secondary N) is 1. The summed E-state index contributed by atoms with van der Waals surface area (Å²) in [5.74, 6) is -0.0605. The van der Waals surface area contributed by atoms with Gasteiger partial charge in [-0.25, -0.2) is 0 Å². The van der Waals surface area contributed by atoms with Crippen molar-refractivity contribution in [2.45, 2.75) is 56.7 Å². The van der Waals surface area contributed by atoms with E-state index < -0.39 is 0 Å². The average Bonchev–Trinajstić information content (AvgIpc) is 2.77. The van der Waals surface area contributed by atoms with Crippen molar-refractivity contribution < 1.29 is 4.79 Å². The first-order valence-electron chi connectivity index (χ1n) is 10.7. The Hall–Kier alpha value is -2.86. The first-order chi connectivity index (χ1) is 14.9. The van der Waals surface area contributed by atoms with Crippen molar-refractivity contribution in [1.82, 2.24) is 9.78 Å². The molecule has 160 valence electrons. The number of aryl methyl sites for hydroxylation is 3. The molecule has 3 aromatic rings. The number of carbonyl (C=O) groups is 1. The van der Waals surface area contributed by atoms with Crippen LogP contribution in [-0.2, 0) is 17.6 Å². The molecule has 1 aliphatic carbocycles. The lowest BCUT2D eigenvalue weighted by molar-refractivity contribution is -0.115. The highest BCUT2D eigenvalue weighted by atomic mass is 32.2. The summed E-state index contributed by atoms with van der Waals surface area (Å²) in [5, 5.41) is 7.89. The number of hydrogen-bond donors (Lipinski definition) is 1. The van der Waals surface area contributed by atoms with E-state index in [0.29, 0.717) is 5.03 Å². The second-order valence-corrected chi connectivity index (χ2v) is 9.45. The van der Waals surface area contributed by atoms with Crippen LogP contribution in [0.5, 0.6) is 0 Å². The molecule has 2 aromatic carbocycles. The van der Waals surface area contributed by atoms with E-state index in [1.54, 1.807) is 6.07 Å². The summed E-state index contributed by atoms with van der Waals surface area (Å²) in [6, 6.07) is 15.2. The standard InChI is InChI=1S/C25H27N3O2S/c1-16-11-12-20(15-17(16)2)28-24(29)14-13-23(27-28)31-18(3)25(30)26-22-10-6-8-19-7-4-5-9-21(19)22/h6,8,10-15,18H,4-5,7,9H2,1-3H3,(H,26,30)/t18-/m1/s1. The smallest absolute Gasteiger partial charge is 0.271 e. The van der Waals surface area contributed by atoms with Crippen molar-refractivity contribution in [3.05, 3.63) is 81.1 Å². The Kier molecular flexibility index (Phi) is 6.28. The highest BCUT2D eigenvalue weighted by Gasteiger charge is 2.19. The summed E-state index contributed by atoms with van der Waals surface area (Å²) in [6.07, 6.45) is 4.45. The van der Waals surface area contributed by atoms with Gasteiger partial charge in [-0.15, -0.1) is 0 Å². The monoisotopic (exact) mass is 433 g/mol. The van der Waals surface area contributed by atoms with Gasteiger partial charge in [0.05, 0.1) is 10.9 Å². The Morgan fingerprint density at radius 1 is 1.06 bits per heavy atom. The van der Waals surface area contributed by atoms with E-state index in [2.05, 4.69) is 16.5 Å². The molecule has 0 fully saturated rings. The Labute approximate surface area is 186 Å². The number of nitrogens with zero attached hydrogens (tertiary/aromatic N) is 2. The molecular weight excluding hydrogens is 406 g/mol. The van der Waals surface area contributed by atoms with E-state index >= 15 is 0 Å². The average molecular weight is 434 g/mol. The molecule has 1 aliphatic rings. The minimum absolute atomic E-state index is 0.0605. The summed E-state index contributed by atoms with van der Waals surface area (Å²) in [7, 11) is 0. The third-order valence-electron chi connectivity index (χ3n) is 5.83. The lowest BCUT2D eigenvalue weighted by Gasteiger charge is -2.20. The molecule has 0 aliphatic heterocycles. The van der Waals surface area contributed by atoms with Gasteiger partial charge in [0.2, 0.25) is 5.91 Å². The van der Waals surface area contributed by atoms with Crippen LogP contribution in [0, 0.1) is 13.8 Å². The quantitative estimate of drug-likeness (QED) is 0.585. The number of anilines is 1. The minimum atomic E-state index is -0.349. The molecule has 1 N–H and O–H groups in total. The number of carbonyl (C=O) groups excluding carboxylic acids is 1. The predicted octanol–water partition coefficient (Wildman–Crippen LogP) is 4.85. The van der Waals surface area contributed by atoms with E-state index in [1.165, 1.54) is 40.1 Å². The number of benzene rings is 2. The van der Waals surface area contributed by atoms with Crippen LogP contribution in [0.2, 0.25) is 0 Å². The van der Waals surface area contributed by atoms with Crippen molar-refractivity contribution in [3.8, 4) is 5.69 Å². The topological polar surface area (TPSA) is 64.0 Å². The molecule has 0 unspecified atom stereocenters. The first kappa shape index (κ1) is 21.4. The molecule has 1 amide bonds. The molecule has 1 heterocycles. The van der Waals surface area contributed by atoms with Crippen LogP contribution in [0.3, 0.4) is 0 Å². The van der Waals surface area contributed by atoms with Crippen molar-refractivity contribution >= 4 is 23.4 Å². The van der Waals surface area contributed by atoms with E-state index in [9.17, 15) is 9.59 Å². The van der Waals surface area contributed by atoms with E-state index in [0.717, 1.165) is 41.8 Å². The number of aromatic nitrogens is 2. The molecule has 4 rings (SSSR count). The van der Waals surface area contributed by atoms with Crippen LogP contribution in [0.15, 0.2) is 58.4 Å². The summed E-state index contributed by atoms with van der Waals surface area (Å²) in [4.78, 5) is 25.3. The Morgan fingerprint density at radius 3 is 2.68 bits per heavy atom. The summed E-state index contributed by atoms with van der Waals surface area (Å²) >= 11 is 1.35. The van der Waals surface area contributed by atoms with Gasteiger partial charge in [0.25, 0.3) is 5.56 Å². The predicted molar refractivity (Wildman–Crippen MR) is 126 cm³/mol. The zero-order chi connectivity index (χ0) is 22.0. The lowest BCUT2D eigenvalue weighted by atomic mass is 9.90. The molecule has 0 bridgehead atoms. The largest absolute Gasteiger partial charge is 0.325 e. The zero-order valence-corrected chi connectivity index (χ0v) is 19.0. The van der Waals surface area contributed by atoms with Crippen LogP contribution in [0.25, 0.3) is 5.69 Å². The molecule has 0 spiro atoms. The van der Waals surface area contributed by atoms with Crippen LogP contribution in [0.1, 0.15) is 42.0 Å². The number of fused-ring (bicyclic) bond motifs is 1. The van der Waals surface area contributed by atoms with Crippen molar-refractivity contribution in [3.63, 3.8) is 0 Å². The van der Waals surface area contributed by atoms with Crippen LogP contribution in [-0.4, -0.2) is 20.9 Å². The lowest BCUT2D eigenvalue weighted by Crippen LogP contribution is -2.25. The second-order valence-electron chi connectivity index (χ2n) is 8.09. The maximum atomic E-state index is 12.9. The van der Waals surface area contributed by atoms with Gasteiger partial charge in [-0.05, 0) is 93.0 Å². The molecule has 5 nitrogen and oxygen atoms in total. The molecular formula is C25H27N3O2S. The van der Waals surface area contributed by atoms with E-state index in [-0.39, 0.29) is 16.7 Å². The number of thioether (sulfide) groups is 1. The second kappa shape index (κ2) is 9.10. The van der Waals surface area contributed by atoms with E-state index in [4.69, 9.17) is 0 Å². The summed E-state index contributed by atoms with van der Waals surface area (Å²) in [5.41, 5.74) is 6.32. The first-order valence-corrected chi connectivity index (χ1v) is 11.6. The maximum absolute atomic E-state index is 12.9. The SMILES string of the molecule is Cc1ccc(-n2nc(S[C@H](C)C(=O)Nc3cccc4c3CCCC4)ccc2=O)cc1C. The Bertz CT molecular complexity index is 1190. The van der Waals surface area contributed by atoms with Gasteiger partial charge in [0, 0.05) is 11.8 Å². The fraction of sp³-hybridized carbons (Fsp3) is 0.320. The van der Waals surface area contributed by atoms with Gasteiger partial charge >= 0.3 is 0 Å². The zero-order valence-electron chi connectivity index (χ0n) is 18.1. The van der Waals surface area contributed by atoms with Crippen LogP contribution >= 0.6 is 11.8 Å². The Balaban J connectivity index is 1.51. The van der Waals surface area contributed by atoms with Gasteiger partial charge in [-0.3, -0.25) is 9.59 Å². The van der Waals surface area contributed by atoms with Gasteiger partial charge in [0.1, 0.15) is 5.03 Å². The molecule has 0 radical (unpaired) electrons. The molecule has 0 saturated heterocycles. The number of amides is 1. The van der Waals surface area contributed by atoms with Gasteiger partial charge in [0.15, 0.2) is 0 Å². The van der Waals surface area contributed by atoms with Crippen molar-refractivity contribution in [2.75, 3.05) is 5.32 Å². The molecule has 31 heavy (non-hydrogen) atoms. The molecule has 1 atom stereocenters. The fourth-order valence-electron chi connectivity index (χ4n) is 3.87. The highest BCUT2D eigenvalue weighted by Crippen LogP contribution is 2.29. The molecule has 6 heteroatoms. The maximum Gasteiger partial charge on any atom is 0.271 e. The van der Waals surface area contributed by atoms with Crippen LogP contribution < -0.4 is 10.9 Å². The third-order valence-corrected chi connectivity index (χ3v) is 6.86. The molecule has 0 saturated carbocycles. The van der Waals surface area contributed by atoms with Crippen molar-refractivity contribution in [2.24, 2.45) is 0 Å². The number of rotatable bonds is 5. The third kappa shape index (κ3) is 4.74. The highest BCUT2D eigenvalue weighted by molar-refractivity contribution is 8.00. The molecule has 1 aromatic heterocycles. The van der Waals surface area contributed by atoms with Crippen LogP contribution in [0.4, 0.5) is 5.69 Å². The normalized spacial score (nSPS) is 14.0. The van der Waals surface area contributed by atoms with Gasteiger partial charge < -0.3 is 5.32 Å². The summed E-state index contributed by atoms with van der Waals surface area (Å²) < 4.78 is 1.40. The fourth-order valence-corrected chi connectivity index (χ4v) is 4.67. The Morgan fingerprint density at radius 2 is 1.87 bits per heavy atom. The van der Waals surface area contributed by atoms with Gasteiger partial charge in [-0.1, -0.05) is 30.0 Å². The summed E-state index contributed by atoms with van der Waals surface area (Å²) in [6.45, 7) is 5.91. The number of hydrogen-bond acceptors (Lipinski definition) is 4.